The molecule has 1 aliphatic carbocycles. The van der Waals surface area contributed by atoms with Crippen molar-refractivity contribution < 1.29 is 0 Å². The van der Waals surface area contributed by atoms with Crippen molar-refractivity contribution in [3.05, 3.63) is 52.7 Å². The lowest BCUT2D eigenvalue weighted by atomic mass is 10.1. The summed E-state index contributed by atoms with van der Waals surface area (Å²) in [6.07, 6.45) is 1.77. The summed E-state index contributed by atoms with van der Waals surface area (Å²) in [6.45, 7) is 0. The molecule has 1 aliphatic rings. The third-order valence-electron chi connectivity index (χ3n) is 2.79. The first-order chi connectivity index (χ1) is 7.29. The van der Waals surface area contributed by atoms with Crippen LogP contribution in [-0.4, -0.2) is 4.98 Å². The molecule has 0 saturated heterocycles. The lowest BCUT2D eigenvalue weighted by Gasteiger charge is -2.05. The first-order valence-corrected chi connectivity index (χ1v) is 5.16. The van der Waals surface area contributed by atoms with Gasteiger partial charge in [0.2, 0.25) is 0 Å². The average Bonchev–Trinajstić information content (AvgIpc) is 2.55. The van der Waals surface area contributed by atoms with E-state index >= 15 is 0 Å². The smallest absolute Gasteiger partial charge is 0.0771 e. The number of pyridine rings is 1. The molecule has 15 heavy (non-hydrogen) atoms. The van der Waals surface area contributed by atoms with Gasteiger partial charge in [-0.25, -0.2) is 0 Å². The summed E-state index contributed by atoms with van der Waals surface area (Å²) < 4.78 is 0. The normalized spacial score (nSPS) is 17.3. The van der Waals surface area contributed by atoms with Crippen molar-refractivity contribution in [2.24, 2.45) is 5.73 Å². The fraction of sp³-hybridized carbons (Fsp3) is 0.0833. The summed E-state index contributed by atoms with van der Waals surface area (Å²) >= 11 is 6.17. The summed E-state index contributed by atoms with van der Waals surface area (Å²) in [7, 11) is 0. The van der Waals surface area contributed by atoms with Gasteiger partial charge in [-0.15, -0.1) is 0 Å². The molecule has 0 bridgehead atoms. The minimum absolute atomic E-state index is 0.0950. The van der Waals surface area contributed by atoms with E-state index in [1.165, 1.54) is 0 Å². The Morgan fingerprint density at radius 1 is 1.13 bits per heavy atom. The van der Waals surface area contributed by atoms with Crippen molar-refractivity contribution in [1.82, 2.24) is 4.98 Å². The second-order valence-electron chi connectivity index (χ2n) is 3.62. The van der Waals surface area contributed by atoms with E-state index in [0.717, 1.165) is 27.4 Å². The summed E-state index contributed by atoms with van der Waals surface area (Å²) in [4.78, 5) is 4.35. The Morgan fingerprint density at radius 2 is 1.93 bits per heavy atom. The zero-order chi connectivity index (χ0) is 10.4. The SMILES string of the molecule is NC1c2cccnc2-c2c(Cl)cccc21. The standard InChI is InChI=1S/C12H9ClN2/c13-9-5-1-3-7-10(9)12-8(11(7)14)4-2-6-15-12/h1-6,11H,14H2. The van der Waals surface area contributed by atoms with Crippen molar-refractivity contribution in [2.75, 3.05) is 0 Å². The Labute approximate surface area is 92.7 Å². The summed E-state index contributed by atoms with van der Waals surface area (Å²) in [6, 6.07) is 9.61. The van der Waals surface area contributed by atoms with Crippen LogP contribution in [-0.2, 0) is 0 Å². The van der Waals surface area contributed by atoms with Crippen LogP contribution < -0.4 is 5.73 Å². The molecule has 1 atom stereocenters. The van der Waals surface area contributed by atoms with Gasteiger partial charge in [0, 0.05) is 11.8 Å². The van der Waals surface area contributed by atoms with E-state index in [4.69, 9.17) is 17.3 Å². The van der Waals surface area contributed by atoms with E-state index in [2.05, 4.69) is 4.98 Å². The van der Waals surface area contributed by atoms with Crippen molar-refractivity contribution in [3.8, 4) is 11.3 Å². The third-order valence-corrected chi connectivity index (χ3v) is 3.11. The minimum atomic E-state index is -0.0950. The van der Waals surface area contributed by atoms with Gasteiger partial charge in [-0.3, -0.25) is 4.98 Å². The molecule has 2 N–H and O–H groups in total. The fourth-order valence-corrected chi connectivity index (χ4v) is 2.37. The predicted molar refractivity (Wildman–Crippen MR) is 60.7 cm³/mol. The van der Waals surface area contributed by atoms with Crippen molar-refractivity contribution in [2.45, 2.75) is 6.04 Å². The highest BCUT2D eigenvalue weighted by molar-refractivity contribution is 6.33. The van der Waals surface area contributed by atoms with Crippen LogP contribution in [0.3, 0.4) is 0 Å². The molecule has 1 unspecified atom stereocenters. The number of benzene rings is 1. The maximum atomic E-state index is 6.17. The first kappa shape index (κ1) is 8.89. The number of rotatable bonds is 0. The van der Waals surface area contributed by atoms with Gasteiger partial charge in [0.25, 0.3) is 0 Å². The molecule has 3 rings (SSSR count). The number of hydrogen-bond donors (Lipinski definition) is 1. The Kier molecular flexibility index (Phi) is 1.81. The van der Waals surface area contributed by atoms with Gasteiger partial charge in [0.1, 0.15) is 0 Å². The van der Waals surface area contributed by atoms with Gasteiger partial charge in [-0.1, -0.05) is 29.8 Å². The fourth-order valence-electron chi connectivity index (χ4n) is 2.09. The second-order valence-corrected chi connectivity index (χ2v) is 4.03. The molecule has 1 heterocycles. The molecule has 2 aromatic rings. The van der Waals surface area contributed by atoms with Gasteiger partial charge in [-0.05, 0) is 23.3 Å². The van der Waals surface area contributed by atoms with Crippen LogP contribution in [0.4, 0.5) is 0 Å². The zero-order valence-corrected chi connectivity index (χ0v) is 8.70. The molecule has 1 aromatic heterocycles. The molecule has 1 aromatic carbocycles. The average molecular weight is 217 g/mol. The highest BCUT2D eigenvalue weighted by atomic mass is 35.5. The highest BCUT2D eigenvalue weighted by Crippen LogP contribution is 2.43. The molecule has 0 saturated carbocycles. The van der Waals surface area contributed by atoms with Crippen molar-refractivity contribution in [3.63, 3.8) is 0 Å². The molecule has 0 aliphatic heterocycles. The molecule has 2 nitrogen and oxygen atoms in total. The Balaban J connectivity index is 2.39. The zero-order valence-electron chi connectivity index (χ0n) is 7.94. The van der Waals surface area contributed by atoms with Crippen LogP contribution in [0.2, 0.25) is 5.02 Å². The molecule has 74 valence electrons. The predicted octanol–water partition coefficient (Wildman–Crippen LogP) is 2.76. The Hall–Kier alpha value is -1.38. The molecule has 3 heteroatoms. The van der Waals surface area contributed by atoms with Crippen LogP contribution in [0.1, 0.15) is 17.2 Å². The van der Waals surface area contributed by atoms with E-state index in [9.17, 15) is 0 Å². The number of hydrogen-bond acceptors (Lipinski definition) is 2. The van der Waals surface area contributed by atoms with Gasteiger partial charge in [0.15, 0.2) is 0 Å². The number of halogens is 1. The van der Waals surface area contributed by atoms with Crippen LogP contribution in [0.25, 0.3) is 11.3 Å². The molecular formula is C12H9ClN2. The van der Waals surface area contributed by atoms with Gasteiger partial charge >= 0.3 is 0 Å². The second kappa shape index (κ2) is 3.05. The van der Waals surface area contributed by atoms with Crippen LogP contribution in [0.15, 0.2) is 36.5 Å². The molecule has 0 amide bonds. The van der Waals surface area contributed by atoms with Crippen molar-refractivity contribution in [1.29, 1.82) is 0 Å². The molecular weight excluding hydrogens is 208 g/mol. The largest absolute Gasteiger partial charge is 0.320 e. The van der Waals surface area contributed by atoms with Crippen LogP contribution >= 0.6 is 11.6 Å². The Bertz CT molecular complexity index is 537. The van der Waals surface area contributed by atoms with Gasteiger partial charge in [0.05, 0.1) is 16.8 Å². The van der Waals surface area contributed by atoms with Crippen LogP contribution in [0, 0.1) is 0 Å². The minimum Gasteiger partial charge on any atom is -0.320 e. The van der Waals surface area contributed by atoms with E-state index in [-0.39, 0.29) is 6.04 Å². The maximum absolute atomic E-state index is 6.17. The van der Waals surface area contributed by atoms with E-state index in [0.29, 0.717) is 0 Å². The topological polar surface area (TPSA) is 38.9 Å². The lowest BCUT2D eigenvalue weighted by Crippen LogP contribution is -2.07. The number of nitrogens with two attached hydrogens (primary N) is 1. The monoisotopic (exact) mass is 216 g/mol. The lowest BCUT2D eigenvalue weighted by molar-refractivity contribution is 0.897. The maximum Gasteiger partial charge on any atom is 0.0771 e. The van der Waals surface area contributed by atoms with Gasteiger partial charge < -0.3 is 5.73 Å². The van der Waals surface area contributed by atoms with E-state index in [1.807, 2.05) is 30.3 Å². The van der Waals surface area contributed by atoms with Crippen molar-refractivity contribution >= 4 is 11.6 Å². The third kappa shape index (κ3) is 1.12. The van der Waals surface area contributed by atoms with E-state index in [1.54, 1.807) is 6.20 Å². The molecule has 0 radical (unpaired) electrons. The molecule has 0 spiro atoms. The first-order valence-electron chi connectivity index (χ1n) is 4.78. The Morgan fingerprint density at radius 3 is 2.80 bits per heavy atom. The van der Waals surface area contributed by atoms with E-state index < -0.39 is 0 Å². The summed E-state index contributed by atoms with van der Waals surface area (Å²) in [5, 5.41) is 0.723. The number of fused-ring (bicyclic) bond motifs is 3. The number of aromatic nitrogens is 1. The summed E-state index contributed by atoms with van der Waals surface area (Å²) in [5.41, 5.74) is 10.2. The quantitative estimate of drug-likeness (QED) is 0.736. The van der Waals surface area contributed by atoms with Crippen LogP contribution in [0.5, 0.6) is 0 Å². The highest BCUT2D eigenvalue weighted by Gasteiger charge is 2.28. The van der Waals surface area contributed by atoms with Gasteiger partial charge in [-0.2, -0.15) is 0 Å². The number of nitrogens with zero attached hydrogens (tertiary/aromatic N) is 1. The molecule has 0 fully saturated rings. The summed E-state index contributed by atoms with van der Waals surface area (Å²) in [5.74, 6) is 0.